The first-order chi connectivity index (χ1) is 7.83. The minimum Gasteiger partial charge on any atom is -0.508 e. The van der Waals surface area contributed by atoms with Crippen LogP contribution < -0.4 is 16.2 Å². The first kappa shape index (κ1) is 13.6. The maximum atomic E-state index is 12.0. The Balaban J connectivity index is 2.94. The fourth-order valence-electron chi connectivity index (χ4n) is 1.36. The molecule has 1 aromatic carbocycles. The summed E-state index contributed by atoms with van der Waals surface area (Å²) in [5.74, 6) is -0.599. The molecule has 0 aromatic heterocycles. The standard InChI is InChI=1S/C10H13F3N2O2/c11-10(12,13)17-6-1-2-9(16)7(5-6)8(15)3-4-14/h1-2,5,8,16H,3-4,14-15H2/t8-/m0/s1. The van der Waals surface area contributed by atoms with E-state index in [9.17, 15) is 18.3 Å². The van der Waals surface area contributed by atoms with E-state index >= 15 is 0 Å². The Morgan fingerprint density at radius 1 is 1.35 bits per heavy atom. The van der Waals surface area contributed by atoms with E-state index < -0.39 is 18.2 Å². The molecule has 0 bridgehead atoms. The normalized spacial score (nSPS) is 13.5. The minimum atomic E-state index is -4.77. The molecule has 0 amide bonds. The van der Waals surface area contributed by atoms with Crippen molar-refractivity contribution in [1.82, 2.24) is 0 Å². The summed E-state index contributed by atoms with van der Waals surface area (Å²) in [6, 6.07) is 2.55. The van der Waals surface area contributed by atoms with Crippen LogP contribution in [0, 0.1) is 0 Å². The Bertz CT molecular complexity index is 382. The third-order valence-corrected chi connectivity index (χ3v) is 2.11. The van der Waals surface area contributed by atoms with Crippen molar-refractivity contribution in [2.75, 3.05) is 6.54 Å². The first-order valence-electron chi connectivity index (χ1n) is 4.88. The summed E-state index contributed by atoms with van der Waals surface area (Å²) >= 11 is 0. The molecule has 5 N–H and O–H groups in total. The monoisotopic (exact) mass is 250 g/mol. The molecule has 4 nitrogen and oxygen atoms in total. The second-order valence-electron chi connectivity index (χ2n) is 3.45. The Hall–Kier alpha value is -1.47. The third-order valence-electron chi connectivity index (χ3n) is 2.11. The van der Waals surface area contributed by atoms with E-state index in [0.29, 0.717) is 6.42 Å². The summed E-state index contributed by atoms with van der Waals surface area (Å²) < 4.78 is 39.7. The van der Waals surface area contributed by atoms with Gasteiger partial charge in [-0.2, -0.15) is 0 Å². The zero-order valence-electron chi connectivity index (χ0n) is 8.87. The van der Waals surface area contributed by atoms with Gasteiger partial charge in [-0.1, -0.05) is 0 Å². The zero-order valence-corrected chi connectivity index (χ0v) is 8.87. The van der Waals surface area contributed by atoms with Gasteiger partial charge in [0.25, 0.3) is 0 Å². The van der Waals surface area contributed by atoms with Gasteiger partial charge >= 0.3 is 6.36 Å². The quantitative estimate of drug-likeness (QED) is 0.758. The maximum absolute atomic E-state index is 12.0. The summed E-state index contributed by atoms with van der Waals surface area (Å²) in [5, 5.41) is 9.47. The van der Waals surface area contributed by atoms with Crippen LogP contribution in [-0.2, 0) is 0 Å². The third kappa shape index (κ3) is 4.12. The Kier molecular flexibility index (Phi) is 4.19. The molecule has 0 spiro atoms. The highest BCUT2D eigenvalue weighted by Crippen LogP contribution is 2.31. The number of benzene rings is 1. The lowest BCUT2D eigenvalue weighted by molar-refractivity contribution is -0.274. The summed E-state index contributed by atoms with van der Waals surface area (Å²) in [6.07, 6.45) is -4.42. The molecule has 0 radical (unpaired) electrons. The van der Waals surface area contributed by atoms with Gasteiger partial charge in [0.15, 0.2) is 0 Å². The molecule has 0 aliphatic heterocycles. The van der Waals surface area contributed by atoms with Crippen molar-refractivity contribution in [2.24, 2.45) is 11.5 Å². The Labute approximate surface area is 96.0 Å². The van der Waals surface area contributed by atoms with Crippen LogP contribution in [0.4, 0.5) is 13.2 Å². The smallest absolute Gasteiger partial charge is 0.508 e. The van der Waals surface area contributed by atoms with Crippen LogP contribution in [-0.4, -0.2) is 18.0 Å². The second kappa shape index (κ2) is 5.24. The molecular weight excluding hydrogens is 237 g/mol. The molecule has 1 aromatic rings. The van der Waals surface area contributed by atoms with Gasteiger partial charge in [0.05, 0.1) is 0 Å². The number of hydrogen-bond donors (Lipinski definition) is 3. The number of hydrogen-bond acceptors (Lipinski definition) is 4. The number of halogens is 3. The van der Waals surface area contributed by atoms with Crippen molar-refractivity contribution in [3.05, 3.63) is 23.8 Å². The van der Waals surface area contributed by atoms with Gasteiger partial charge in [-0.25, -0.2) is 0 Å². The lowest BCUT2D eigenvalue weighted by atomic mass is 10.0. The molecule has 1 atom stereocenters. The summed E-state index contributed by atoms with van der Waals surface area (Å²) in [4.78, 5) is 0. The van der Waals surface area contributed by atoms with Gasteiger partial charge in [-0.05, 0) is 31.2 Å². The SMILES string of the molecule is NCC[C@H](N)c1cc(OC(F)(F)F)ccc1O. The number of aromatic hydroxyl groups is 1. The highest BCUT2D eigenvalue weighted by molar-refractivity contribution is 5.41. The van der Waals surface area contributed by atoms with Gasteiger partial charge in [0, 0.05) is 11.6 Å². The van der Waals surface area contributed by atoms with Crippen LogP contribution in [0.25, 0.3) is 0 Å². The van der Waals surface area contributed by atoms with E-state index in [1.165, 1.54) is 0 Å². The molecule has 0 aliphatic rings. The minimum absolute atomic E-state index is 0.178. The van der Waals surface area contributed by atoms with E-state index in [1.807, 2.05) is 0 Å². The van der Waals surface area contributed by atoms with Gasteiger partial charge < -0.3 is 21.3 Å². The molecule has 0 heterocycles. The highest BCUT2D eigenvalue weighted by atomic mass is 19.4. The van der Waals surface area contributed by atoms with Crippen molar-refractivity contribution in [3.8, 4) is 11.5 Å². The van der Waals surface area contributed by atoms with Crippen LogP contribution in [0.3, 0.4) is 0 Å². The van der Waals surface area contributed by atoms with Crippen LogP contribution in [0.5, 0.6) is 11.5 Å². The summed E-state index contributed by atoms with van der Waals surface area (Å²) in [5.41, 5.74) is 11.1. The lowest BCUT2D eigenvalue weighted by Crippen LogP contribution is -2.18. The highest BCUT2D eigenvalue weighted by Gasteiger charge is 2.31. The van der Waals surface area contributed by atoms with Crippen molar-refractivity contribution in [3.63, 3.8) is 0 Å². The van der Waals surface area contributed by atoms with Gasteiger partial charge in [-0.3, -0.25) is 0 Å². The number of rotatable bonds is 4. The predicted octanol–water partition coefficient (Wildman–Crippen LogP) is 1.64. The fourth-order valence-corrected chi connectivity index (χ4v) is 1.36. The van der Waals surface area contributed by atoms with E-state index in [2.05, 4.69) is 4.74 Å². The fraction of sp³-hybridized carbons (Fsp3) is 0.400. The largest absolute Gasteiger partial charge is 0.573 e. The molecule has 0 unspecified atom stereocenters. The van der Waals surface area contributed by atoms with Crippen LogP contribution in [0.2, 0.25) is 0 Å². The average molecular weight is 250 g/mol. The van der Waals surface area contributed by atoms with Gasteiger partial charge in [0.2, 0.25) is 0 Å². The molecular formula is C10H13F3N2O2. The topological polar surface area (TPSA) is 81.5 Å². The van der Waals surface area contributed by atoms with Crippen LogP contribution >= 0.6 is 0 Å². The summed E-state index contributed by atoms with van der Waals surface area (Å²) in [6.45, 7) is 0.269. The van der Waals surface area contributed by atoms with E-state index in [4.69, 9.17) is 11.5 Å². The average Bonchev–Trinajstić information content (AvgIpc) is 2.19. The van der Waals surface area contributed by atoms with Crippen molar-refractivity contribution in [1.29, 1.82) is 0 Å². The van der Waals surface area contributed by atoms with Crippen LogP contribution in [0.15, 0.2) is 18.2 Å². The first-order valence-corrected chi connectivity index (χ1v) is 4.88. The van der Waals surface area contributed by atoms with Crippen molar-refractivity contribution in [2.45, 2.75) is 18.8 Å². The maximum Gasteiger partial charge on any atom is 0.573 e. The van der Waals surface area contributed by atoms with Gasteiger partial charge in [-0.15, -0.1) is 13.2 Å². The number of ether oxygens (including phenoxy) is 1. The van der Waals surface area contributed by atoms with Crippen LogP contribution in [0.1, 0.15) is 18.0 Å². The zero-order chi connectivity index (χ0) is 13.1. The van der Waals surface area contributed by atoms with E-state index in [1.54, 1.807) is 0 Å². The van der Waals surface area contributed by atoms with E-state index in [0.717, 1.165) is 18.2 Å². The molecule has 0 fully saturated rings. The van der Waals surface area contributed by atoms with E-state index in [-0.39, 0.29) is 17.9 Å². The Morgan fingerprint density at radius 2 is 2.00 bits per heavy atom. The number of phenolic OH excluding ortho intramolecular Hbond substituents is 1. The number of nitrogens with two attached hydrogens (primary N) is 2. The van der Waals surface area contributed by atoms with Crippen molar-refractivity contribution < 1.29 is 23.0 Å². The molecule has 0 aliphatic carbocycles. The molecule has 7 heteroatoms. The molecule has 17 heavy (non-hydrogen) atoms. The molecule has 0 saturated heterocycles. The van der Waals surface area contributed by atoms with Crippen molar-refractivity contribution >= 4 is 0 Å². The Morgan fingerprint density at radius 3 is 2.53 bits per heavy atom. The second-order valence-corrected chi connectivity index (χ2v) is 3.45. The molecule has 96 valence electrons. The predicted molar refractivity (Wildman–Crippen MR) is 55.4 cm³/mol. The molecule has 0 saturated carbocycles. The number of phenols is 1. The summed E-state index contributed by atoms with van der Waals surface area (Å²) in [7, 11) is 0. The number of alkyl halides is 3. The molecule has 1 rings (SSSR count). The lowest BCUT2D eigenvalue weighted by Gasteiger charge is -2.15. The van der Waals surface area contributed by atoms with Gasteiger partial charge in [0.1, 0.15) is 11.5 Å².